The molecule has 0 atom stereocenters. The molecule has 0 saturated heterocycles. The molecule has 0 saturated carbocycles. The monoisotopic (exact) mass is 470 g/mol. The van der Waals surface area contributed by atoms with Crippen LogP contribution in [-0.4, -0.2) is 51.0 Å². The van der Waals surface area contributed by atoms with Crippen LogP contribution in [0.25, 0.3) is 0 Å². The number of rotatable bonds is 6. The molecule has 0 aliphatic heterocycles. The molecule has 2 heterocycles. The van der Waals surface area contributed by atoms with E-state index in [1.807, 2.05) is 0 Å². The Labute approximate surface area is 177 Å². The van der Waals surface area contributed by atoms with Crippen molar-refractivity contribution in [1.29, 1.82) is 0 Å². The topological polar surface area (TPSA) is 79.0 Å². The highest BCUT2D eigenvalue weighted by Gasteiger charge is 2.49. The smallest absolute Gasteiger partial charge is 0.330 e. The molecule has 1 N–H and O–H groups in total. The average molecular weight is 471 g/mol. The fourth-order valence-electron chi connectivity index (χ4n) is 2.74. The molecule has 0 radical (unpaired) electrons. The first-order valence-electron chi connectivity index (χ1n) is 8.66. The number of aromatic amines is 1. The average Bonchev–Trinajstić information content (AvgIpc) is 3.09. The minimum absolute atomic E-state index is 0.0949. The number of hydrogen-bond acceptors (Lipinski definition) is 4. The number of pyridine rings is 1. The first-order valence-corrected chi connectivity index (χ1v) is 9.04. The maximum atomic E-state index is 13.4. The fourth-order valence-corrected chi connectivity index (χ4v) is 3.05. The molecule has 1 amide bonds. The van der Waals surface area contributed by atoms with E-state index in [1.165, 1.54) is 13.1 Å². The summed E-state index contributed by atoms with van der Waals surface area (Å²) in [6, 6.07) is 0. The largest absolute Gasteiger partial charge is 0.433 e. The Bertz CT molecular complexity index is 964. The molecule has 31 heavy (non-hydrogen) atoms. The van der Waals surface area contributed by atoms with Gasteiger partial charge in [0.15, 0.2) is 11.5 Å². The Morgan fingerprint density at radius 3 is 2.23 bits per heavy atom. The molecule has 0 aromatic carbocycles. The van der Waals surface area contributed by atoms with Gasteiger partial charge in [-0.15, -0.1) is 0 Å². The quantitative estimate of drug-likeness (QED) is 0.490. The van der Waals surface area contributed by atoms with Crippen molar-refractivity contribution in [2.24, 2.45) is 5.41 Å². The summed E-state index contributed by atoms with van der Waals surface area (Å²) < 4.78 is 79.7. The molecular formula is C18H17ClF6N4O2. The summed E-state index contributed by atoms with van der Waals surface area (Å²) in [4.78, 5) is 29.7. The van der Waals surface area contributed by atoms with Crippen molar-refractivity contribution in [1.82, 2.24) is 20.1 Å². The summed E-state index contributed by atoms with van der Waals surface area (Å²) >= 11 is 5.95. The van der Waals surface area contributed by atoms with Crippen LogP contribution in [0.1, 0.15) is 45.8 Å². The lowest BCUT2D eigenvalue weighted by molar-refractivity contribution is -0.214. The Morgan fingerprint density at radius 1 is 1.10 bits per heavy atom. The summed E-state index contributed by atoms with van der Waals surface area (Å²) in [6.45, 7) is 0.984. The van der Waals surface area contributed by atoms with Gasteiger partial charge < -0.3 is 4.90 Å². The van der Waals surface area contributed by atoms with Gasteiger partial charge in [0.2, 0.25) is 0 Å². The standard InChI is InChI=1S/C18H17ClF6N4O2/c1-9-4-26-6-11(19)13(9)12(30)7-29(8-16(2,3)18(23,24)25)15(31)10-5-27-28-14(10)17(20,21)22/h4-6H,7-8H2,1-3H3,(H,27,28). The van der Waals surface area contributed by atoms with Gasteiger partial charge in [0.25, 0.3) is 5.91 Å². The van der Waals surface area contributed by atoms with Gasteiger partial charge in [0, 0.05) is 24.5 Å². The van der Waals surface area contributed by atoms with Crippen molar-refractivity contribution in [3.63, 3.8) is 0 Å². The number of nitrogens with one attached hydrogen (secondary N) is 1. The molecule has 0 aliphatic rings. The maximum absolute atomic E-state index is 13.4. The Morgan fingerprint density at radius 2 is 1.71 bits per heavy atom. The number of ketones is 1. The van der Waals surface area contributed by atoms with E-state index in [-0.39, 0.29) is 10.6 Å². The van der Waals surface area contributed by atoms with Crippen LogP contribution in [0.15, 0.2) is 18.6 Å². The van der Waals surface area contributed by atoms with Crippen LogP contribution in [0.3, 0.4) is 0 Å². The first-order chi connectivity index (χ1) is 14.1. The van der Waals surface area contributed by atoms with Crippen molar-refractivity contribution < 1.29 is 35.9 Å². The van der Waals surface area contributed by atoms with Crippen LogP contribution in [0.2, 0.25) is 5.02 Å². The third-order valence-corrected chi connectivity index (χ3v) is 4.78. The number of alkyl halides is 6. The molecule has 0 unspecified atom stereocenters. The molecule has 13 heteroatoms. The minimum atomic E-state index is -5.01. The number of amides is 1. The van der Waals surface area contributed by atoms with E-state index >= 15 is 0 Å². The highest BCUT2D eigenvalue weighted by atomic mass is 35.5. The molecule has 170 valence electrons. The lowest BCUT2D eigenvalue weighted by Crippen LogP contribution is -2.47. The van der Waals surface area contributed by atoms with Gasteiger partial charge in [-0.25, -0.2) is 0 Å². The van der Waals surface area contributed by atoms with Crippen molar-refractivity contribution in [3.8, 4) is 0 Å². The summed E-state index contributed by atoms with van der Waals surface area (Å²) in [7, 11) is 0. The van der Waals surface area contributed by atoms with Crippen LogP contribution < -0.4 is 0 Å². The van der Waals surface area contributed by atoms with E-state index in [9.17, 15) is 35.9 Å². The molecular weight excluding hydrogens is 454 g/mol. The van der Waals surface area contributed by atoms with E-state index in [1.54, 1.807) is 5.10 Å². The molecule has 2 rings (SSSR count). The Hall–Kier alpha value is -2.63. The second kappa shape index (κ2) is 8.48. The van der Waals surface area contributed by atoms with Gasteiger partial charge in [-0.2, -0.15) is 31.4 Å². The van der Waals surface area contributed by atoms with Gasteiger partial charge in [-0.1, -0.05) is 11.6 Å². The van der Waals surface area contributed by atoms with Gasteiger partial charge >= 0.3 is 12.4 Å². The van der Waals surface area contributed by atoms with Gasteiger partial charge in [0.1, 0.15) is 0 Å². The summed E-state index contributed by atoms with van der Waals surface area (Å²) in [5.41, 5.74) is -4.86. The fraction of sp³-hybridized carbons (Fsp3) is 0.444. The molecule has 0 spiro atoms. The van der Waals surface area contributed by atoms with Gasteiger partial charge in [-0.05, 0) is 26.3 Å². The van der Waals surface area contributed by atoms with Crippen molar-refractivity contribution in [2.75, 3.05) is 13.1 Å². The zero-order valence-corrected chi connectivity index (χ0v) is 17.2. The molecule has 0 fully saturated rings. The van der Waals surface area contributed by atoms with E-state index in [0.717, 1.165) is 20.0 Å². The highest BCUT2D eigenvalue weighted by Crippen LogP contribution is 2.39. The number of halogens is 7. The normalized spacial score (nSPS) is 12.7. The first kappa shape index (κ1) is 24.6. The SMILES string of the molecule is Cc1cncc(Cl)c1C(=O)CN(CC(C)(C)C(F)(F)F)C(=O)c1cn[nH]c1C(F)(F)F. The molecule has 2 aromatic heterocycles. The van der Waals surface area contributed by atoms with Crippen molar-refractivity contribution in [2.45, 2.75) is 33.1 Å². The zero-order valence-electron chi connectivity index (χ0n) is 16.5. The maximum Gasteiger partial charge on any atom is 0.433 e. The number of Topliss-reactive ketones (excluding diaryl/α,β-unsaturated/α-hetero) is 1. The second-order valence-corrected chi connectivity index (χ2v) is 7.84. The van der Waals surface area contributed by atoms with E-state index in [0.29, 0.717) is 16.7 Å². The Balaban J connectivity index is 2.48. The van der Waals surface area contributed by atoms with Gasteiger partial charge in [0.05, 0.1) is 28.7 Å². The summed E-state index contributed by atoms with van der Waals surface area (Å²) in [5.74, 6) is -2.29. The molecule has 0 bridgehead atoms. The predicted molar refractivity (Wildman–Crippen MR) is 97.6 cm³/mol. The van der Waals surface area contributed by atoms with E-state index in [2.05, 4.69) is 10.1 Å². The van der Waals surface area contributed by atoms with Gasteiger partial charge in [-0.3, -0.25) is 19.7 Å². The third-order valence-electron chi connectivity index (χ3n) is 4.50. The lowest BCUT2D eigenvalue weighted by Gasteiger charge is -2.34. The van der Waals surface area contributed by atoms with E-state index < -0.39 is 53.8 Å². The van der Waals surface area contributed by atoms with Crippen LogP contribution >= 0.6 is 11.6 Å². The minimum Gasteiger partial charge on any atom is -0.330 e. The number of nitrogens with zero attached hydrogens (tertiary/aromatic N) is 3. The van der Waals surface area contributed by atoms with E-state index in [4.69, 9.17) is 11.6 Å². The summed E-state index contributed by atoms with van der Waals surface area (Å²) in [6.07, 6.45) is -6.86. The number of aromatic nitrogens is 3. The number of carbonyl (C=O) groups excluding carboxylic acids is 2. The highest BCUT2D eigenvalue weighted by molar-refractivity contribution is 6.34. The molecule has 6 nitrogen and oxygen atoms in total. The third kappa shape index (κ3) is 5.35. The summed E-state index contributed by atoms with van der Waals surface area (Å²) in [5, 5.41) is 4.69. The molecule has 2 aromatic rings. The number of aryl methyl sites for hydroxylation is 1. The van der Waals surface area contributed by atoms with Crippen molar-refractivity contribution in [3.05, 3.63) is 46.0 Å². The zero-order chi connectivity index (χ0) is 23.8. The molecule has 0 aliphatic carbocycles. The van der Waals surface area contributed by atoms with Crippen molar-refractivity contribution >= 4 is 23.3 Å². The predicted octanol–water partition coefficient (Wildman–Crippen LogP) is 4.70. The number of H-pyrrole nitrogens is 1. The second-order valence-electron chi connectivity index (χ2n) is 7.44. The Kier molecular flexibility index (Phi) is 6.74. The lowest BCUT2D eigenvalue weighted by atomic mass is 9.91. The van der Waals surface area contributed by atoms with Crippen LogP contribution in [-0.2, 0) is 6.18 Å². The van der Waals surface area contributed by atoms with Crippen LogP contribution in [0.5, 0.6) is 0 Å². The number of carbonyl (C=O) groups is 2. The van der Waals surface area contributed by atoms with Crippen LogP contribution in [0, 0.1) is 12.3 Å². The van der Waals surface area contributed by atoms with Crippen LogP contribution in [0.4, 0.5) is 26.3 Å². The number of hydrogen-bond donors (Lipinski definition) is 1.